The van der Waals surface area contributed by atoms with E-state index in [-0.39, 0.29) is 30.0 Å². The Morgan fingerprint density at radius 2 is 1.50 bits per heavy atom. The van der Waals surface area contributed by atoms with E-state index in [1.165, 1.54) is 0 Å². The summed E-state index contributed by atoms with van der Waals surface area (Å²) >= 11 is 1.04. The van der Waals surface area contributed by atoms with Crippen LogP contribution in [0.3, 0.4) is 0 Å². The van der Waals surface area contributed by atoms with Gasteiger partial charge >= 0.3 is 11.9 Å². The average Bonchev–Trinajstić information content (AvgIpc) is 3.33. The van der Waals surface area contributed by atoms with E-state index in [2.05, 4.69) is 8.75 Å². The van der Waals surface area contributed by atoms with Crippen molar-refractivity contribution in [3.8, 4) is 0 Å². The van der Waals surface area contributed by atoms with Gasteiger partial charge in [-0.3, -0.25) is 4.79 Å². The number of ether oxygens (including phenoxy) is 1. The monoisotopic (exact) mass is 500 g/mol. The van der Waals surface area contributed by atoms with Gasteiger partial charge in [0.05, 0.1) is 29.5 Å². The summed E-state index contributed by atoms with van der Waals surface area (Å²) in [5.74, 6) is -2.03. The SMILES string of the molecule is CCOC(=O)c1ccc(CC(C(=O)c2ccc(C)c(C)c2)=C(C(=O)O)c2ccc3nsnc3c2)cc1. The average molecular weight is 501 g/mol. The zero-order chi connectivity index (χ0) is 25.8. The molecule has 0 aliphatic rings. The first kappa shape index (κ1) is 24.9. The van der Waals surface area contributed by atoms with Gasteiger partial charge in [0.2, 0.25) is 0 Å². The number of esters is 1. The summed E-state index contributed by atoms with van der Waals surface area (Å²) in [4.78, 5) is 38.4. The molecule has 0 fully saturated rings. The number of hydrogen-bond donors (Lipinski definition) is 1. The number of carboxylic acids is 1. The van der Waals surface area contributed by atoms with Gasteiger partial charge in [-0.1, -0.05) is 30.3 Å². The molecular weight excluding hydrogens is 476 g/mol. The van der Waals surface area contributed by atoms with Crippen molar-refractivity contribution in [2.75, 3.05) is 6.61 Å². The van der Waals surface area contributed by atoms with Crippen LogP contribution in [0.1, 0.15) is 49.9 Å². The van der Waals surface area contributed by atoms with Gasteiger partial charge < -0.3 is 9.84 Å². The molecule has 0 unspecified atom stereocenters. The van der Waals surface area contributed by atoms with Gasteiger partial charge in [0.15, 0.2) is 5.78 Å². The number of rotatable bonds is 8. The van der Waals surface area contributed by atoms with Gasteiger partial charge in [0.25, 0.3) is 0 Å². The predicted molar refractivity (Wildman–Crippen MR) is 138 cm³/mol. The molecule has 0 spiro atoms. The van der Waals surface area contributed by atoms with Crippen LogP contribution in [0.15, 0.2) is 66.2 Å². The molecule has 1 aromatic heterocycles. The van der Waals surface area contributed by atoms with E-state index < -0.39 is 11.9 Å². The molecule has 8 heteroatoms. The van der Waals surface area contributed by atoms with Crippen LogP contribution in [0.25, 0.3) is 16.6 Å². The molecule has 0 aliphatic carbocycles. The molecular formula is C28H24N2O5S. The molecule has 3 aromatic carbocycles. The van der Waals surface area contributed by atoms with Crippen molar-refractivity contribution in [1.82, 2.24) is 8.75 Å². The molecule has 0 radical (unpaired) electrons. The number of nitrogens with zero attached hydrogens (tertiary/aromatic N) is 2. The van der Waals surface area contributed by atoms with Crippen molar-refractivity contribution in [3.05, 3.63) is 99.6 Å². The molecule has 0 bridgehead atoms. The van der Waals surface area contributed by atoms with Gasteiger partial charge in [-0.25, -0.2) is 9.59 Å². The standard InChI is InChI=1S/C28H24N2O5S/c1-4-35-28(34)19-9-6-18(7-10-19)14-22(26(31)21-8-5-16(2)17(3)13-21)25(27(32)33)20-11-12-23-24(15-20)30-36-29-23/h5-13,15H,4,14H2,1-3H3,(H,32,33). The normalized spacial score (nSPS) is 11.8. The van der Waals surface area contributed by atoms with E-state index in [4.69, 9.17) is 4.74 Å². The second-order valence-electron chi connectivity index (χ2n) is 8.35. The number of carbonyl (C=O) groups excluding carboxylic acids is 2. The lowest BCUT2D eigenvalue weighted by molar-refractivity contribution is -0.130. The number of carboxylic acid groups (broad SMARTS) is 1. The van der Waals surface area contributed by atoms with Gasteiger partial charge in [-0.15, -0.1) is 0 Å². The zero-order valence-electron chi connectivity index (χ0n) is 20.1. The van der Waals surface area contributed by atoms with Crippen molar-refractivity contribution in [3.63, 3.8) is 0 Å². The number of aromatic nitrogens is 2. The summed E-state index contributed by atoms with van der Waals surface area (Å²) in [5, 5.41) is 10.3. The highest BCUT2D eigenvalue weighted by atomic mass is 32.1. The maximum atomic E-state index is 13.8. The summed E-state index contributed by atoms with van der Waals surface area (Å²) in [6, 6.07) is 16.9. The van der Waals surface area contributed by atoms with Crippen LogP contribution < -0.4 is 0 Å². The van der Waals surface area contributed by atoms with E-state index in [9.17, 15) is 19.5 Å². The van der Waals surface area contributed by atoms with Crippen molar-refractivity contribution < 1.29 is 24.2 Å². The van der Waals surface area contributed by atoms with Crippen molar-refractivity contribution in [2.45, 2.75) is 27.2 Å². The Labute approximate surface area is 212 Å². The van der Waals surface area contributed by atoms with E-state index in [1.54, 1.807) is 61.5 Å². The van der Waals surface area contributed by atoms with E-state index in [0.717, 1.165) is 22.9 Å². The third-order valence-electron chi connectivity index (χ3n) is 5.95. The van der Waals surface area contributed by atoms with Crippen LogP contribution in [-0.2, 0) is 16.0 Å². The largest absolute Gasteiger partial charge is 0.478 e. The van der Waals surface area contributed by atoms with Crippen LogP contribution in [0.5, 0.6) is 0 Å². The second-order valence-corrected chi connectivity index (χ2v) is 8.88. The Bertz CT molecular complexity index is 1500. The first-order valence-electron chi connectivity index (χ1n) is 11.4. The highest BCUT2D eigenvalue weighted by Crippen LogP contribution is 2.28. The lowest BCUT2D eigenvalue weighted by atomic mass is 9.88. The number of Topliss-reactive ketones (excluding diaryl/α,β-unsaturated/α-hetero) is 1. The summed E-state index contributed by atoms with van der Waals surface area (Å²) < 4.78 is 13.4. The number of aliphatic carboxylic acids is 1. The first-order chi connectivity index (χ1) is 17.3. The third kappa shape index (κ3) is 5.23. The van der Waals surface area contributed by atoms with E-state index in [0.29, 0.717) is 33.3 Å². The minimum absolute atomic E-state index is 0.0594. The van der Waals surface area contributed by atoms with Crippen LogP contribution in [0, 0.1) is 13.8 Å². The number of carbonyl (C=O) groups is 3. The number of fused-ring (bicyclic) bond motifs is 1. The molecule has 1 heterocycles. The lowest BCUT2D eigenvalue weighted by Crippen LogP contribution is -2.14. The van der Waals surface area contributed by atoms with Gasteiger partial charge in [-0.05, 0) is 73.4 Å². The molecule has 0 atom stereocenters. The van der Waals surface area contributed by atoms with Crippen LogP contribution >= 0.6 is 11.7 Å². The fourth-order valence-corrected chi connectivity index (χ4v) is 4.40. The van der Waals surface area contributed by atoms with Crippen molar-refractivity contribution in [1.29, 1.82) is 0 Å². The molecule has 0 aliphatic heterocycles. The Kier molecular flexibility index (Phi) is 7.36. The molecule has 1 N–H and O–H groups in total. The molecule has 4 rings (SSSR count). The first-order valence-corrected chi connectivity index (χ1v) is 12.1. The topological polar surface area (TPSA) is 106 Å². The third-order valence-corrected chi connectivity index (χ3v) is 6.50. The number of ketones is 1. The minimum Gasteiger partial charge on any atom is -0.478 e. The number of aryl methyl sites for hydroxylation is 2. The summed E-state index contributed by atoms with van der Waals surface area (Å²) in [5.41, 5.74) is 5.08. The lowest BCUT2D eigenvalue weighted by Gasteiger charge is -2.14. The molecule has 0 saturated carbocycles. The van der Waals surface area contributed by atoms with Crippen LogP contribution in [0.2, 0.25) is 0 Å². The number of allylic oxidation sites excluding steroid dienone is 1. The Balaban J connectivity index is 1.84. The molecule has 0 amide bonds. The minimum atomic E-state index is -1.21. The Hall–Kier alpha value is -4.17. The molecule has 4 aromatic rings. The van der Waals surface area contributed by atoms with Gasteiger partial charge in [0.1, 0.15) is 11.0 Å². The smallest absolute Gasteiger partial charge is 0.338 e. The maximum absolute atomic E-state index is 13.8. The summed E-state index contributed by atoms with van der Waals surface area (Å²) in [6.45, 7) is 5.85. The summed E-state index contributed by atoms with van der Waals surface area (Å²) in [7, 11) is 0. The maximum Gasteiger partial charge on any atom is 0.338 e. The number of benzene rings is 3. The highest BCUT2D eigenvalue weighted by Gasteiger charge is 2.25. The fraction of sp³-hybridized carbons (Fsp3) is 0.179. The summed E-state index contributed by atoms with van der Waals surface area (Å²) in [6.07, 6.45) is 0.0594. The Morgan fingerprint density at radius 1 is 0.833 bits per heavy atom. The zero-order valence-corrected chi connectivity index (χ0v) is 20.9. The van der Waals surface area contributed by atoms with Crippen LogP contribution in [0.4, 0.5) is 0 Å². The van der Waals surface area contributed by atoms with Crippen molar-refractivity contribution in [2.24, 2.45) is 0 Å². The highest BCUT2D eigenvalue weighted by molar-refractivity contribution is 7.00. The molecule has 7 nitrogen and oxygen atoms in total. The second kappa shape index (κ2) is 10.6. The molecule has 182 valence electrons. The molecule has 36 heavy (non-hydrogen) atoms. The van der Waals surface area contributed by atoms with Gasteiger partial charge in [-0.2, -0.15) is 8.75 Å². The quantitative estimate of drug-likeness (QED) is 0.195. The molecule has 0 saturated heterocycles. The van der Waals surface area contributed by atoms with Crippen LogP contribution in [-0.4, -0.2) is 38.2 Å². The van der Waals surface area contributed by atoms with Gasteiger partial charge in [0, 0.05) is 17.6 Å². The predicted octanol–water partition coefficient (Wildman–Crippen LogP) is 5.45. The van der Waals surface area contributed by atoms with Crippen molar-refractivity contribution >= 4 is 46.1 Å². The van der Waals surface area contributed by atoms with E-state index in [1.807, 2.05) is 19.9 Å². The Morgan fingerprint density at radius 3 is 2.17 bits per heavy atom. The fourth-order valence-electron chi connectivity index (χ4n) is 3.88. The van der Waals surface area contributed by atoms with E-state index >= 15 is 0 Å². The number of hydrogen-bond acceptors (Lipinski definition) is 7.